The second-order valence-corrected chi connectivity index (χ2v) is 4.07. The van der Waals surface area contributed by atoms with Crippen LogP contribution < -0.4 is 5.32 Å². The fourth-order valence-corrected chi connectivity index (χ4v) is 1.78. The molecular weight excluding hydrogens is 208 g/mol. The molecule has 1 fully saturated rings. The van der Waals surface area contributed by atoms with Crippen molar-refractivity contribution >= 4 is 11.7 Å². The average molecular weight is 228 g/mol. The standard InChI is InChI=1S/C11H20N2O3/c1-9(11(15)12-5-7-16-2)13-6-3-4-10(14)8-13/h9H,3-8H2,1-2H3,(H,12,15). The van der Waals surface area contributed by atoms with Crippen LogP contribution in [0.3, 0.4) is 0 Å². The molecule has 1 heterocycles. The van der Waals surface area contributed by atoms with Gasteiger partial charge in [0.15, 0.2) is 0 Å². The van der Waals surface area contributed by atoms with Gasteiger partial charge in [-0.3, -0.25) is 14.5 Å². The van der Waals surface area contributed by atoms with Gasteiger partial charge in [0.25, 0.3) is 0 Å². The zero-order chi connectivity index (χ0) is 12.0. The third-order valence-electron chi connectivity index (χ3n) is 2.81. The maximum atomic E-state index is 11.7. The SMILES string of the molecule is COCCNC(=O)C(C)N1CCCC(=O)C1. The van der Waals surface area contributed by atoms with Gasteiger partial charge >= 0.3 is 0 Å². The van der Waals surface area contributed by atoms with E-state index in [1.807, 2.05) is 11.8 Å². The lowest BCUT2D eigenvalue weighted by Crippen LogP contribution is -2.49. The Balaban J connectivity index is 2.34. The molecule has 1 aliphatic heterocycles. The van der Waals surface area contributed by atoms with E-state index in [-0.39, 0.29) is 17.7 Å². The molecule has 0 bridgehead atoms. The summed E-state index contributed by atoms with van der Waals surface area (Å²) in [4.78, 5) is 24.9. The molecule has 0 spiro atoms. The summed E-state index contributed by atoms with van der Waals surface area (Å²) in [5.41, 5.74) is 0. The Bertz CT molecular complexity index is 256. The summed E-state index contributed by atoms with van der Waals surface area (Å²) in [7, 11) is 1.60. The Morgan fingerprint density at radius 2 is 2.38 bits per heavy atom. The summed E-state index contributed by atoms with van der Waals surface area (Å²) < 4.78 is 4.85. The number of hydrogen-bond donors (Lipinski definition) is 1. The summed E-state index contributed by atoms with van der Waals surface area (Å²) in [6.07, 6.45) is 1.50. The predicted octanol–water partition coefficient (Wildman–Crippen LogP) is -0.198. The first-order valence-electron chi connectivity index (χ1n) is 5.67. The second-order valence-electron chi connectivity index (χ2n) is 4.07. The van der Waals surface area contributed by atoms with Gasteiger partial charge in [0, 0.05) is 20.1 Å². The quantitative estimate of drug-likeness (QED) is 0.662. The van der Waals surface area contributed by atoms with Gasteiger partial charge in [-0.25, -0.2) is 0 Å². The van der Waals surface area contributed by atoms with Gasteiger partial charge in [0.2, 0.25) is 5.91 Å². The number of nitrogens with one attached hydrogen (secondary N) is 1. The lowest BCUT2D eigenvalue weighted by molar-refractivity contribution is -0.129. The lowest BCUT2D eigenvalue weighted by Gasteiger charge is -2.30. The molecule has 0 radical (unpaired) electrons. The van der Waals surface area contributed by atoms with Crippen molar-refractivity contribution in [3.05, 3.63) is 0 Å². The Labute approximate surface area is 96.1 Å². The summed E-state index contributed by atoms with van der Waals surface area (Å²) in [6.45, 7) is 4.09. The third-order valence-corrected chi connectivity index (χ3v) is 2.81. The summed E-state index contributed by atoms with van der Waals surface area (Å²) >= 11 is 0. The van der Waals surface area contributed by atoms with Crippen LogP contribution in [0, 0.1) is 0 Å². The largest absolute Gasteiger partial charge is 0.383 e. The van der Waals surface area contributed by atoms with Gasteiger partial charge in [0.05, 0.1) is 19.2 Å². The molecule has 1 N–H and O–H groups in total. The van der Waals surface area contributed by atoms with Crippen LogP contribution in [0.25, 0.3) is 0 Å². The third kappa shape index (κ3) is 3.90. The molecule has 0 aromatic rings. The Morgan fingerprint density at radius 1 is 1.62 bits per heavy atom. The Hall–Kier alpha value is -0.940. The number of Topliss-reactive ketones (excluding diaryl/α,β-unsaturated/α-hetero) is 1. The number of ether oxygens (including phenoxy) is 1. The number of piperidine rings is 1. The number of hydrogen-bond acceptors (Lipinski definition) is 4. The first-order valence-corrected chi connectivity index (χ1v) is 5.67. The van der Waals surface area contributed by atoms with E-state index in [4.69, 9.17) is 4.74 Å². The highest BCUT2D eigenvalue weighted by atomic mass is 16.5. The van der Waals surface area contributed by atoms with Crippen molar-refractivity contribution in [3.63, 3.8) is 0 Å². The zero-order valence-electron chi connectivity index (χ0n) is 9.99. The van der Waals surface area contributed by atoms with E-state index in [9.17, 15) is 9.59 Å². The number of amides is 1. The van der Waals surface area contributed by atoms with E-state index in [0.717, 1.165) is 13.0 Å². The first-order chi connectivity index (χ1) is 7.65. The van der Waals surface area contributed by atoms with E-state index in [2.05, 4.69) is 5.32 Å². The fraction of sp³-hybridized carbons (Fsp3) is 0.818. The molecule has 5 nitrogen and oxygen atoms in total. The molecule has 1 unspecified atom stereocenters. The molecule has 0 aliphatic carbocycles. The van der Waals surface area contributed by atoms with E-state index in [1.54, 1.807) is 7.11 Å². The topological polar surface area (TPSA) is 58.6 Å². The number of carbonyl (C=O) groups excluding carboxylic acids is 2. The van der Waals surface area contributed by atoms with Gasteiger partial charge < -0.3 is 10.1 Å². The number of ketones is 1. The van der Waals surface area contributed by atoms with Gasteiger partial charge in [-0.05, 0) is 19.9 Å². The molecule has 1 saturated heterocycles. The minimum Gasteiger partial charge on any atom is -0.383 e. The smallest absolute Gasteiger partial charge is 0.237 e. The highest BCUT2D eigenvalue weighted by molar-refractivity contribution is 5.84. The lowest BCUT2D eigenvalue weighted by atomic mass is 10.1. The Kier molecular flexibility index (Phi) is 5.42. The summed E-state index contributed by atoms with van der Waals surface area (Å²) in [5.74, 6) is 0.189. The van der Waals surface area contributed by atoms with Gasteiger partial charge in [-0.1, -0.05) is 0 Å². The fourth-order valence-electron chi connectivity index (χ4n) is 1.78. The highest BCUT2D eigenvalue weighted by Crippen LogP contribution is 2.09. The van der Waals surface area contributed by atoms with Crippen LogP contribution in [0.15, 0.2) is 0 Å². The van der Waals surface area contributed by atoms with Gasteiger partial charge in [0.1, 0.15) is 5.78 Å². The van der Waals surface area contributed by atoms with Crippen LogP contribution >= 0.6 is 0 Å². The van der Waals surface area contributed by atoms with Crippen LogP contribution in [0.1, 0.15) is 19.8 Å². The highest BCUT2D eigenvalue weighted by Gasteiger charge is 2.25. The number of methoxy groups -OCH3 is 1. The van der Waals surface area contributed by atoms with Crippen LogP contribution in [-0.4, -0.2) is 56.0 Å². The molecule has 0 saturated carbocycles. The number of carbonyl (C=O) groups is 2. The van der Waals surface area contributed by atoms with E-state index < -0.39 is 0 Å². The van der Waals surface area contributed by atoms with Crippen molar-refractivity contribution in [2.75, 3.05) is 33.4 Å². The van der Waals surface area contributed by atoms with Crippen molar-refractivity contribution in [1.29, 1.82) is 0 Å². The maximum absolute atomic E-state index is 11.7. The number of likely N-dealkylation sites (tertiary alicyclic amines) is 1. The molecule has 0 aromatic heterocycles. The van der Waals surface area contributed by atoms with Crippen LogP contribution in [-0.2, 0) is 14.3 Å². The van der Waals surface area contributed by atoms with Gasteiger partial charge in [-0.2, -0.15) is 0 Å². The van der Waals surface area contributed by atoms with Crippen molar-refractivity contribution in [2.24, 2.45) is 0 Å². The molecule has 5 heteroatoms. The average Bonchev–Trinajstić information content (AvgIpc) is 2.28. The van der Waals surface area contributed by atoms with Crippen molar-refractivity contribution < 1.29 is 14.3 Å². The van der Waals surface area contributed by atoms with E-state index in [1.165, 1.54) is 0 Å². The normalized spacial score (nSPS) is 19.5. The van der Waals surface area contributed by atoms with Crippen molar-refractivity contribution in [1.82, 2.24) is 10.2 Å². The first kappa shape index (κ1) is 13.1. The van der Waals surface area contributed by atoms with E-state index >= 15 is 0 Å². The molecule has 1 amide bonds. The number of nitrogens with zero attached hydrogens (tertiary/aromatic N) is 1. The number of rotatable bonds is 5. The minimum absolute atomic E-state index is 0.0354. The zero-order valence-corrected chi connectivity index (χ0v) is 9.99. The van der Waals surface area contributed by atoms with E-state index in [0.29, 0.717) is 26.1 Å². The molecule has 1 aliphatic rings. The molecule has 1 rings (SSSR count). The maximum Gasteiger partial charge on any atom is 0.237 e. The molecule has 16 heavy (non-hydrogen) atoms. The van der Waals surface area contributed by atoms with Crippen LogP contribution in [0.2, 0.25) is 0 Å². The molecule has 1 atom stereocenters. The van der Waals surface area contributed by atoms with Crippen molar-refractivity contribution in [2.45, 2.75) is 25.8 Å². The van der Waals surface area contributed by atoms with Gasteiger partial charge in [-0.15, -0.1) is 0 Å². The van der Waals surface area contributed by atoms with Crippen LogP contribution in [0.5, 0.6) is 0 Å². The minimum atomic E-state index is -0.235. The summed E-state index contributed by atoms with van der Waals surface area (Å²) in [5, 5.41) is 2.78. The monoisotopic (exact) mass is 228 g/mol. The van der Waals surface area contributed by atoms with Crippen molar-refractivity contribution in [3.8, 4) is 0 Å². The second kappa shape index (κ2) is 6.60. The predicted molar refractivity (Wildman–Crippen MR) is 60.2 cm³/mol. The molecule has 92 valence electrons. The Morgan fingerprint density at radius 3 is 3.00 bits per heavy atom. The molecular formula is C11H20N2O3. The summed E-state index contributed by atoms with van der Waals surface area (Å²) in [6, 6.07) is -0.235. The van der Waals surface area contributed by atoms with Crippen LogP contribution in [0.4, 0.5) is 0 Å². The molecule has 0 aromatic carbocycles.